The number of nitrogens with zero attached hydrogens (tertiary/aromatic N) is 1. The monoisotopic (exact) mass is 298 g/mol. The molecule has 0 atom stereocenters. The van der Waals surface area contributed by atoms with Gasteiger partial charge < -0.3 is 5.32 Å². The molecule has 0 unspecified atom stereocenters. The fourth-order valence-corrected chi connectivity index (χ4v) is 1.84. The van der Waals surface area contributed by atoms with E-state index in [2.05, 4.69) is 27.3 Å². The molecule has 0 aliphatic carbocycles. The van der Waals surface area contributed by atoms with Gasteiger partial charge in [-0.15, -0.1) is 0 Å². The molecule has 0 saturated carbocycles. The maximum Gasteiger partial charge on any atom is 0.273 e. The predicted octanol–water partition coefficient (Wildman–Crippen LogP) is 4.04. The largest absolute Gasteiger partial charge is 0.381 e. The van der Waals surface area contributed by atoms with Gasteiger partial charge in [-0.05, 0) is 42.8 Å². The van der Waals surface area contributed by atoms with Gasteiger partial charge in [0.1, 0.15) is 0 Å². The molecule has 0 bridgehead atoms. The Hall–Kier alpha value is -1.36. The van der Waals surface area contributed by atoms with Crippen LogP contribution in [0.25, 0.3) is 0 Å². The first kappa shape index (κ1) is 13.7. The second kappa shape index (κ2) is 5.82. The van der Waals surface area contributed by atoms with Gasteiger partial charge in [-0.3, -0.25) is 10.1 Å². The van der Waals surface area contributed by atoms with Crippen LogP contribution in [0.2, 0.25) is 0 Å². The van der Waals surface area contributed by atoms with Crippen LogP contribution in [0, 0.1) is 17.0 Å². The molecule has 0 heterocycles. The van der Waals surface area contributed by atoms with E-state index in [1.165, 1.54) is 11.6 Å². The Morgan fingerprint density at radius 1 is 1.53 bits per heavy atom. The van der Waals surface area contributed by atoms with E-state index in [-0.39, 0.29) is 10.6 Å². The summed E-state index contributed by atoms with van der Waals surface area (Å²) in [5.41, 5.74) is 2.88. The SMILES string of the molecule is CC(C)=CCNc1cc(C)c([N+](=O)[O-])cc1Br. The molecule has 4 nitrogen and oxygen atoms in total. The van der Waals surface area contributed by atoms with Crippen molar-refractivity contribution in [3.8, 4) is 0 Å². The number of nitro benzene ring substituents is 1. The average Bonchev–Trinajstić information content (AvgIpc) is 2.21. The third-order valence-corrected chi connectivity index (χ3v) is 2.94. The summed E-state index contributed by atoms with van der Waals surface area (Å²) in [5, 5.41) is 13.9. The molecule has 1 N–H and O–H groups in total. The molecule has 0 spiro atoms. The Balaban J connectivity index is 2.92. The number of anilines is 1. The molecule has 5 heteroatoms. The van der Waals surface area contributed by atoms with Gasteiger partial charge in [-0.2, -0.15) is 0 Å². The first-order valence-corrected chi connectivity index (χ1v) is 6.03. The Labute approximate surface area is 109 Å². The number of benzene rings is 1. The number of nitro groups is 1. The number of hydrogen-bond donors (Lipinski definition) is 1. The molecule has 1 aromatic rings. The first-order valence-electron chi connectivity index (χ1n) is 5.23. The van der Waals surface area contributed by atoms with Gasteiger partial charge in [0.05, 0.1) is 4.92 Å². The van der Waals surface area contributed by atoms with Gasteiger partial charge >= 0.3 is 0 Å². The summed E-state index contributed by atoms with van der Waals surface area (Å²) in [7, 11) is 0. The second-order valence-electron chi connectivity index (χ2n) is 4.04. The van der Waals surface area contributed by atoms with E-state index in [1.807, 2.05) is 13.8 Å². The molecule has 0 fully saturated rings. The Bertz CT molecular complexity index is 466. The lowest BCUT2D eigenvalue weighted by Crippen LogP contribution is -2.01. The van der Waals surface area contributed by atoms with Crippen LogP contribution >= 0.6 is 15.9 Å². The summed E-state index contributed by atoms with van der Waals surface area (Å²) in [6.45, 7) is 6.49. The Morgan fingerprint density at radius 2 is 2.18 bits per heavy atom. The summed E-state index contributed by atoms with van der Waals surface area (Å²) in [6.07, 6.45) is 2.06. The molecule has 92 valence electrons. The Morgan fingerprint density at radius 3 is 2.71 bits per heavy atom. The lowest BCUT2D eigenvalue weighted by Gasteiger charge is -2.08. The molecule has 0 aliphatic rings. The minimum atomic E-state index is -0.375. The predicted molar refractivity (Wildman–Crippen MR) is 73.5 cm³/mol. The number of hydrogen-bond acceptors (Lipinski definition) is 3. The van der Waals surface area contributed by atoms with Crippen molar-refractivity contribution in [2.45, 2.75) is 20.8 Å². The maximum absolute atomic E-state index is 10.7. The van der Waals surface area contributed by atoms with E-state index < -0.39 is 0 Å². The molecule has 0 aliphatic heterocycles. The molecule has 17 heavy (non-hydrogen) atoms. The molecule has 0 amide bonds. The molecule has 0 radical (unpaired) electrons. The van der Waals surface area contributed by atoms with Crippen LogP contribution in [-0.4, -0.2) is 11.5 Å². The summed E-state index contributed by atoms with van der Waals surface area (Å²) in [6, 6.07) is 3.31. The summed E-state index contributed by atoms with van der Waals surface area (Å²) in [5.74, 6) is 0. The highest BCUT2D eigenvalue weighted by Crippen LogP contribution is 2.30. The van der Waals surface area contributed by atoms with E-state index in [0.717, 1.165) is 5.69 Å². The van der Waals surface area contributed by atoms with Gasteiger partial charge in [-0.25, -0.2) is 0 Å². The van der Waals surface area contributed by atoms with Crippen LogP contribution in [0.4, 0.5) is 11.4 Å². The maximum atomic E-state index is 10.7. The quantitative estimate of drug-likeness (QED) is 0.518. The van der Waals surface area contributed by atoms with Crippen molar-refractivity contribution in [3.05, 3.63) is 43.9 Å². The van der Waals surface area contributed by atoms with E-state index in [1.54, 1.807) is 13.0 Å². The number of aryl methyl sites for hydroxylation is 1. The number of halogens is 1. The van der Waals surface area contributed by atoms with Crippen LogP contribution in [0.3, 0.4) is 0 Å². The van der Waals surface area contributed by atoms with Gasteiger partial charge in [0.15, 0.2) is 0 Å². The third kappa shape index (κ3) is 3.85. The van der Waals surface area contributed by atoms with Crippen molar-refractivity contribution >= 4 is 27.3 Å². The minimum absolute atomic E-state index is 0.129. The summed E-state index contributed by atoms with van der Waals surface area (Å²) >= 11 is 3.33. The topological polar surface area (TPSA) is 55.2 Å². The highest BCUT2D eigenvalue weighted by Gasteiger charge is 2.13. The molecule has 0 saturated heterocycles. The Kier molecular flexibility index (Phi) is 4.69. The van der Waals surface area contributed by atoms with Gasteiger partial charge in [0.2, 0.25) is 0 Å². The van der Waals surface area contributed by atoms with Crippen LogP contribution < -0.4 is 5.32 Å². The van der Waals surface area contributed by atoms with Crippen LogP contribution in [0.15, 0.2) is 28.3 Å². The van der Waals surface area contributed by atoms with Crippen LogP contribution in [0.1, 0.15) is 19.4 Å². The fraction of sp³-hybridized carbons (Fsp3) is 0.333. The van der Waals surface area contributed by atoms with E-state index >= 15 is 0 Å². The smallest absolute Gasteiger partial charge is 0.273 e. The number of nitrogens with one attached hydrogen (secondary N) is 1. The zero-order chi connectivity index (χ0) is 13.0. The van der Waals surface area contributed by atoms with E-state index in [9.17, 15) is 10.1 Å². The average molecular weight is 299 g/mol. The molecule has 1 rings (SSSR count). The standard InChI is InChI=1S/C12H15BrN2O2/c1-8(2)4-5-14-11-6-9(3)12(15(16)17)7-10(11)13/h4,6-7,14H,5H2,1-3H3. The van der Waals surface area contributed by atoms with E-state index in [0.29, 0.717) is 16.6 Å². The zero-order valence-corrected chi connectivity index (χ0v) is 11.7. The number of allylic oxidation sites excluding steroid dienone is 1. The van der Waals surface area contributed by atoms with Crippen molar-refractivity contribution in [1.29, 1.82) is 0 Å². The van der Waals surface area contributed by atoms with Crippen molar-refractivity contribution in [3.63, 3.8) is 0 Å². The highest BCUT2D eigenvalue weighted by molar-refractivity contribution is 9.10. The van der Waals surface area contributed by atoms with Gasteiger partial charge in [0.25, 0.3) is 5.69 Å². The molecule has 1 aromatic carbocycles. The molecule has 0 aromatic heterocycles. The fourth-order valence-electron chi connectivity index (χ4n) is 1.37. The van der Waals surface area contributed by atoms with Crippen molar-refractivity contribution < 1.29 is 4.92 Å². The third-order valence-electron chi connectivity index (χ3n) is 2.29. The van der Waals surface area contributed by atoms with Crippen molar-refractivity contribution in [2.75, 3.05) is 11.9 Å². The second-order valence-corrected chi connectivity index (χ2v) is 4.89. The number of rotatable bonds is 4. The van der Waals surface area contributed by atoms with Crippen LogP contribution in [0.5, 0.6) is 0 Å². The lowest BCUT2D eigenvalue weighted by molar-refractivity contribution is -0.385. The van der Waals surface area contributed by atoms with Crippen molar-refractivity contribution in [1.82, 2.24) is 0 Å². The van der Waals surface area contributed by atoms with Crippen molar-refractivity contribution in [2.24, 2.45) is 0 Å². The molecular formula is C12H15BrN2O2. The van der Waals surface area contributed by atoms with Crippen LogP contribution in [-0.2, 0) is 0 Å². The van der Waals surface area contributed by atoms with Gasteiger partial charge in [-0.1, -0.05) is 11.6 Å². The van der Waals surface area contributed by atoms with Gasteiger partial charge in [0, 0.05) is 28.3 Å². The zero-order valence-electron chi connectivity index (χ0n) is 10.1. The summed E-state index contributed by atoms with van der Waals surface area (Å²) in [4.78, 5) is 10.4. The lowest BCUT2D eigenvalue weighted by atomic mass is 10.2. The molecular weight excluding hydrogens is 284 g/mol. The van der Waals surface area contributed by atoms with E-state index in [4.69, 9.17) is 0 Å². The highest BCUT2D eigenvalue weighted by atomic mass is 79.9. The minimum Gasteiger partial charge on any atom is -0.381 e. The summed E-state index contributed by atoms with van der Waals surface area (Å²) < 4.78 is 0.706. The first-order chi connectivity index (χ1) is 7.91. The normalized spacial score (nSPS) is 9.88.